The van der Waals surface area contributed by atoms with Crippen molar-refractivity contribution >= 4 is 18.1 Å². The zero-order valence-electron chi connectivity index (χ0n) is 12.7. The van der Waals surface area contributed by atoms with Crippen molar-refractivity contribution in [2.45, 2.75) is 26.4 Å². The van der Waals surface area contributed by atoms with Crippen LogP contribution in [-0.2, 0) is 14.3 Å². The molecule has 1 amide bonds. The van der Waals surface area contributed by atoms with Crippen LogP contribution in [0.15, 0.2) is 23.9 Å². The van der Waals surface area contributed by atoms with E-state index in [9.17, 15) is 18.4 Å². The predicted octanol–water partition coefficient (Wildman–Crippen LogP) is 3.00. The number of halogens is 2. The minimum absolute atomic E-state index is 0.212. The van der Waals surface area contributed by atoms with Gasteiger partial charge in [-0.3, -0.25) is 5.32 Å². The molecule has 0 saturated carbocycles. The lowest BCUT2D eigenvalue weighted by molar-refractivity contribution is -0.136. The van der Waals surface area contributed by atoms with Crippen LogP contribution in [0.3, 0.4) is 0 Å². The van der Waals surface area contributed by atoms with E-state index in [4.69, 9.17) is 4.74 Å². The summed E-state index contributed by atoms with van der Waals surface area (Å²) in [5.74, 6) is -2.36. The lowest BCUT2D eigenvalue weighted by Gasteiger charge is -2.20. The molecule has 5 nitrogen and oxygen atoms in total. The molecule has 1 rings (SSSR count). The molecule has 1 N–H and O–H groups in total. The molecule has 0 radical (unpaired) electrons. The van der Waals surface area contributed by atoms with Crippen molar-refractivity contribution < 1.29 is 27.8 Å². The monoisotopic (exact) mass is 313 g/mol. The van der Waals surface area contributed by atoms with Gasteiger partial charge in [-0.2, -0.15) is 0 Å². The van der Waals surface area contributed by atoms with Gasteiger partial charge in [-0.15, -0.1) is 0 Å². The number of carbonyl (C=O) groups is 2. The molecule has 0 fully saturated rings. The first kappa shape index (κ1) is 17.6. The highest BCUT2D eigenvalue weighted by Crippen LogP contribution is 2.14. The van der Waals surface area contributed by atoms with Gasteiger partial charge in [0.15, 0.2) is 0 Å². The largest absolute Gasteiger partial charge is 0.464 e. The molecule has 0 unspecified atom stereocenters. The Labute approximate surface area is 126 Å². The molecule has 0 saturated heterocycles. The molecule has 120 valence electrons. The van der Waals surface area contributed by atoms with Crippen molar-refractivity contribution in [3.63, 3.8) is 0 Å². The van der Waals surface area contributed by atoms with Crippen LogP contribution in [0.5, 0.6) is 0 Å². The molecular weight excluding hydrogens is 296 g/mol. The van der Waals surface area contributed by atoms with Crippen molar-refractivity contribution in [1.29, 1.82) is 0 Å². The summed E-state index contributed by atoms with van der Waals surface area (Å²) in [6.45, 7) is 4.92. The van der Waals surface area contributed by atoms with Gasteiger partial charge in [-0.1, -0.05) is 0 Å². The maximum atomic E-state index is 13.6. The van der Waals surface area contributed by atoms with E-state index in [1.807, 2.05) is 0 Å². The van der Waals surface area contributed by atoms with E-state index in [2.05, 4.69) is 10.1 Å². The maximum Gasteiger partial charge on any atom is 0.412 e. The highest BCUT2D eigenvalue weighted by molar-refractivity contribution is 5.96. The fourth-order valence-corrected chi connectivity index (χ4v) is 1.45. The van der Waals surface area contributed by atoms with Crippen molar-refractivity contribution in [1.82, 2.24) is 5.32 Å². The fourth-order valence-electron chi connectivity index (χ4n) is 1.45. The molecule has 22 heavy (non-hydrogen) atoms. The van der Waals surface area contributed by atoms with E-state index in [0.29, 0.717) is 0 Å². The number of hydrogen-bond donors (Lipinski definition) is 1. The highest BCUT2D eigenvalue weighted by atomic mass is 19.1. The Hall–Kier alpha value is -2.44. The molecule has 0 heterocycles. The number of hydrogen-bond acceptors (Lipinski definition) is 4. The van der Waals surface area contributed by atoms with Gasteiger partial charge < -0.3 is 9.47 Å². The predicted molar refractivity (Wildman–Crippen MR) is 75.7 cm³/mol. The van der Waals surface area contributed by atoms with Gasteiger partial charge in [0.2, 0.25) is 0 Å². The van der Waals surface area contributed by atoms with Gasteiger partial charge in [-0.05, 0) is 45.0 Å². The SMILES string of the molecule is COC(=O)C(=Cc1cc(F)ccc1F)NC(=O)OC(C)(C)C. The second-order valence-corrected chi connectivity index (χ2v) is 5.34. The molecule has 0 bridgehead atoms. The van der Waals surface area contributed by atoms with Crippen LogP contribution in [-0.4, -0.2) is 24.8 Å². The number of methoxy groups -OCH3 is 1. The van der Waals surface area contributed by atoms with Crippen molar-refractivity contribution in [2.75, 3.05) is 7.11 Å². The van der Waals surface area contributed by atoms with E-state index in [1.165, 1.54) is 0 Å². The summed E-state index contributed by atoms with van der Waals surface area (Å²) in [5.41, 5.74) is -1.37. The van der Waals surface area contributed by atoms with Crippen LogP contribution in [0, 0.1) is 11.6 Å². The van der Waals surface area contributed by atoms with E-state index < -0.39 is 29.3 Å². The molecule has 0 aliphatic carbocycles. The first-order chi connectivity index (χ1) is 10.1. The highest BCUT2D eigenvalue weighted by Gasteiger charge is 2.20. The minimum Gasteiger partial charge on any atom is -0.464 e. The van der Waals surface area contributed by atoms with E-state index in [-0.39, 0.29) is 11.3 Å². The topological polar surface area (TPSA) is 64.6 Å². The second kappa shape index (κ2) is 7.02. The van der Waals surface area contributed by atoms with E-state index in [0.717, 1.165) is 31.4 Å². The number of benzene rings is 1. The normalized spacial score (nSPS) is 11.8. The Kier molecular flexibility index (Phi) is 5.62. The lowest BCUT2D eigenvalue weighted by Crippen LogP contribution is -2.34. The number of rotatable bonds is 3. The van der Waals surface area contributed by atoms with E-state index >= 15 is 0 Å². The number of amides is 1. The first-order valence-corrected chi connectivity index (χ1v) is 6.37. The Balaban J connectivity index is 3.08. The molecule has 0 aromatic heterocycles. The van der Waals surface area contributed by atoms with Gasteiger partial charge in [-0.25, -0.2) is 18.4 Å². The van der Waals surface area contributed by atoms with E-state index in [1.54, 1.807) is 20.8 Å². The van der Waals surface area contributed by atoms with Crippen LogP contribution < -0.4 is 5.32 Å². The molecule has 0 atom stereocenters. The summed E-state index contributed by atoms with van der Waals surface area (Å²) in [7, 11) is 1.09. The smallest absolute Gasteiger partial charge is 0.412 e. The second-order valence-electron chi connectivity index (χ2n) is 5.34. The number of carbonyl (C=O) groups excluding carboxylic acids is 2. The zero-order valence-corrected chi connectivity index (χ0v) is 12.7. The van der Waals surface area contributed by atoms with Crippen LogP contribution in [0.1, 0.15) is 26.3 Å². The molecule has 0 aliphatic heterocycles. The van der Waals surface area contributed by atoms with Crippen LogP contribution in [0.4, 0.5) is 13.6 Å². The summed E-state index contributed by atoms with van der Waals surface area (Å²) in [6.07, 6.45) is 0.0507. The summed E-state index contributed by atoms with van der Waals surface area (Å²) in [5, 5.41) is 2.16. The molecule has 1 aromatic rings. The van der Waals surface area contributed by atoms with Crippen LogP contribution in [0.2, 0.25) is 0 Å². The molecule has 7 heteroatoms. The third kappa shape index (κ3) is 5.51. The fraction of sp³-hybridized carbons (Fsp3) is 0.333. The molecule has 0 aliphatic rings. The third-order valence-electron chi connectivity index (χ3n) is 2.30. The summed E-state index contributed by atoms with van der Waals surface area (Å²) < 4.78 is 36.2. The van der Waals surface area contributed by atoms with Gasteiger partial charge in [0.25, 0.3) is 0 Å². The summed E-state index contributed by atoms with van der Waals surface area (Å²) in [6, 6.07) is 2.73. The van der Waals surface area contributed by atoms with Crippen molar-refractivity contribution in [3.05, 3.63) is 41.1 Å². The Bertz CT molecular complexity index is 606. The lowest BCUT2D eigenvalue weighted by atomic mass is 10.1. The van der Waals surface area contributed by atoms with Gasteiger partial charge >= 0.3 is 12.1 Å². The minimum atomic E-state index is -0.922. The quantitative estimate of drug-likeness (QED) is 0.688. The zero-order chi connectivity index (χ0) is 16.9. The van der Waals surface area contributed by atoms with Crippen LogP contribution >= 0.6 is 0 Å². The van der Waals surface area contributed by atoms with Crippen LogP contribution in [0.25, 0.3) is 6.08 Å². The number of esters is 1. The standard InChI is InChI=1S/C15H17F2NO4/c1-15(2,3)22-14(20)18-12(13(19)21-4)8-9-7-10(16)5-6-11(9)17/h5-8H,1-4H3,(H,18,20). The molecular formula is C15H17F2NO4. The maximum absolute atomic E-state index is 13.6. The Morgan fingerprint density at radius 2 is 1.86 bits per heavy atom. The first-order valence-electron chi connectivity index (χ1n) is 6.37. The number of ether oxygens (including phenoxy) is 2. The average Bonchev–Trinajstić information content (AvgIpc) is 2.39. The summed E-state index contributed by atoms with van der Waals surface area (Å²) >= 11 is 0. The number of alkyl carbamates (subject to hydrolysis) is 1. The van der Waals surface area contributed by atoms with Gasteiger partial charge in [0, 0.05) is 5.56 Å². The summed E-state index contributed by atoms with van der Waals surface area (Å²) in [4.78, 5) is 23.3. The molecule has 0 spiro atoms. The Morgan fingerprint density at radius 3 is 2.41 bits per heavy atom. The third-order valence-corrected chi connectivity index (χ3v) is 2.30. The van der Waals surface area contributed by atoms with Gasteiger partial charge in [0.05, 0.1) is 7.11 Å². The van der Waals surface area contributed by atoms with Crippen molar-refractivity contribution in [3.8, 4) is 0 Å². The number of nitrogens with one attached hydrogen (secondary N) is 1. The molecule has 1 aromatic carbocycles. The average molecular weight is 313 g/mol. The van der Waals surface area contributed by atoms with Gasteiger partial charge in [0.1, 0.15) is 22.9 Å². The van der Waals surface area contributed by atoms with Crippen molar-refractivity contribution in [2.24, 2.45) is 0 Å². The Morgan fingerprint density at radius 1 is 1.23 bits per heavy atom.